The molecule has 1 N–H and O–H groups in total. The van der Waals surface area contributed by atoms with E-state index in [1.54, 1.807) is 0 Å². The molecular weight excluding hydrogens is 488 g/mol. The standard InChI is InChI=1S/C33H36N2O4/c1-33(2,3)39-32(37)35-19-7-10-23(11-8-20-35)24-15-17-25(18-16-24)26-9-6-12-27(21-26)38-30-22-31(36)34-29-14-5-4-13-28(29)30/h4-6,9,12-18,21-23H,7-8,10-11,19-20H2,1-3H3,(H,34,36). The van der Waals surface area contributed by atoms with E-state index in [1.165, 1.54) is 11.6 Å². The summed E-state index contributed by atoms with van der Waals surface area (Å²) in [6.07, 6.45) is 3.81. The molecule has 0 spiro atoms. The molecule has 202 valence electrons. The van der Waals surface area contributed by atoms with Gasteiger partial charge in [-0.1, -0.05) is 48.5 Å². The number of ether oxygens (including phenoxy) is 2. The van der Waals surface area contributed by atoms with E-state index in [-0.39, 0.29) is 11.7 Å². The fourth-order valence-electron chi connectivity index (χ4n) is 5.23. The van der Waals surface area contributed by atoms with Gasteiger partial charge < -0.3 is 19.4 Å². The van der Waals surface area contributed by atoms with E-state index < -0.39 is 5.60 Å². The van der Waals surface area contributed by atoms with Crippen LogP contribution in [0, 0.1) is 0 Å². The molecule has 1 fully saturated rings. The molecule has 0 radical (unpaired) electrons. The molecule has 1 aromatic heterocycles. The second kappa shape index (κ2) is 11.4. The van der Waals surface area contributed by atoms with Crippen LogP contribution >= 0.6 is 0 Å². The zero-order valence-electron chi connectivity index (χ0n) is 22.9. The summed E-state index contributed by atoms with van der Waals surface area (Å²) in [7, 11) is 0. The van der Waals surface area contributed by atoms with E-state index in [2.05, 4.69) is 35.3 Å². The lowest BCUT2D eigenvalue weighted by atomic mass is 9.88. The average molecular weight is 525 g/mol. The van der Waals surface area contributed by atoms with Crippen LogP contribution in [0.1, 0.15) is 57.9 Å². The van der Waals surface area contributed by atoms with Crippen LogP contribution in [0.3, 0.4) is 0 Å². The molecule has 39 heavy (non-hydrogen) atoms. The first-order valence-electron chi connectivity index (χ1n) is 13.7. The van der Waals surface area contributed by atoms with E-state index in [0.29, 0.717) is 17.4 Å². The Morgan fingerprint density at radius 1 is 0.872 bits per heavy atom. The fraction of sp³-hybridized carbons (Fsp3) is 0.333. The number of para-hydroxylation sites is 1. The number of aromatic amines is 1. The summed E-state index contributed by atoms with van der Waals surface area (Å²) in [5.41, 5.74) is 3.60. The molecule has 1 aliphatic rings. The maximum Gasteiger partial charge on any atom is 0.410 e. The molecule has 4 aromatic rings. The molecule has 6 heteroatoms. The molecule has 1 saturated heterocycles. The highest BCUT2D eigenvalue weighted by atomic mass is 16.6. The van der Waals surface area contributed by atoms with Gasteiger partial charge in [0.05, 0.1) is 5.52 Å². The summed E-state index contributed by atoms with van der Waals surface area (Å²) < 4.78 is 11.7. The molecule has 0 atom stereocenters. The number of likely N-dealkylation sites (tertiary alicyclic amines) is 1. The Balaban J connectivity index is 1.25. The average Bonchev–Trinajstić information content (AvgIpc) is 2.88. The molecule has 1 aliphatic heterocycles. The van der Waals surface area contributed by atoms with E-state index >= 15 is 0 Å². The van der Waals surface area contributed by atoms with Crippen molar-refractivity contribution in [1.29, 1.82) is 0 Å². The lowest BCUT2D eigenvalue weighted by Gasteiger charge is -2.30. The number of amides is 1. The first-order chi connectivity index (χ1) is 18.7. The highest BCUT2D eigenvalue weighted by molar-refractivity contribution is 5.85. The van der Waals surface area contributed by atoms with Crippen LogP contribution in [0.25, 0.3) is 22.0 Å². The topological polar surface area (TPSA) is 71.6 Å². The molecule has 0 unspecified atom stereocenters. The number of carbonyl (C=O) groups excluding carboxylic acids is 1. The Labute approximate surface area is 229 Å². The van der Waals surface area contributed by atoms with Crippen molar-refractivity contribution in [3.63, 3.8) is 0 Å². The largest absolute Gasteiger partial charge is 0.456 e. The van der Waals surface area contributed by atoms with Gasteiger partial charge in [-0.3, -0.25) is 4.79 Å². The quantitative estimate of drug-likeness (QED) is 0.295. The van der Waals surface area contributed by atoms with Crippen LogP contribution in [-0.2, 0) is 4.74 Å². The van der Waals surface area contributed by atoms with Gasteiger partial charge in [0.1, 0.15) is 17.1 Å². The molecule has 5 rings (SSSR count). The lowest BCUT2D eigenvalue weighted by molar-refractivity contribution is 0.0233. The molecule has 0 bridgehead atoms. The Morgan fingerprint density at radius 2 is 1.59 bits per heavy atom. The molecule has 2 heterocycles. The number of benzene rings is 3. The van der Waals surface area contributed by atoms with Crippen LogP contribution in [0.4, 0.5) is 4.79 Å². The minimum atomic E-state index is -0.468. The number of nitrogens with one attached hydrogen (secondary N) is 1. The second-order valence-electron chi connectivity index (χ2n) is 11.2. The SMILES string of the molecule is CC(C)(C)OC(=O)N1CCCC(c2ccc(-c3cccc(Oc4cc(=O)[nH]c5ccccc45)c3)cc2)CCC1. The second-order valence-corrected chi connectivity index (χ2v) is 11.2. The summed E-state index contributed by atoms with van der Waals surface area (Å²) in [5.74, 6) is 1.71. The molecule has 3 aromatic carbocycles. The van der Waals surface area contributed by atoms with Gasteiger partial charge in [-0.05, 0) is 93.3 Å². The third kappa shape index (κ3) is 6.69. The van der Waals surface area contributed by atoms with E-state index in [9.17, 15) is 9.59 Å². The summed E-state index contributed by atoms with van der Waals surface area (Å²) in [6, 6.07) is 25.9. The zero-order chi connectivity index (χ0) is 27.4. The monoisotopic (exact) mass is 524 g/mol. The normalized spacial score (nSPS) is 15.0. The highest BCUT2D eigenvalue weighted by Gasteiger charge is 2.24. The van der Waals surface area contributed by atoms with Gasteiger partial charge in [0, 0.05) is 24.5 Å². The third-order valence-electron chi connectivity index (χ3n) is 7.10. The molecule has 1 amide bonds. The maximum atomic E-state index is 12.5. The van der Waals surface area contributed by atoms with Gasteiger partial charge in [-0.2, -0.15) is 0 Å². The summed E-state index contributed by atoms with van der Waals surface area (Å²) >= 11 is 0. The fourth-order valence-corrected chi connectivity index (χ4v) is 5.23. The van der Waals surface area contributed by atoms with Crippen molar-refractivity contribution >= 4 is 17.0 Å². The van der Waals surface area contributed by atoms with E-state index in [0.717, 1.165) is 60.8 Å². The van der Waals surface area contributed by atoms with Crippen molar-refractivity contribution in [1.82, 2.24) is 9.88 Å². The van der Waals surface area contributed by atoms with E-state index in [1.807, 2.05) is 68.1 Å². The number of aromatic nitrogens is 1. The highest BCUT2D eigenvalue weighted by Crippen LogP contribution is 2.33. The number of pyridine rings is 1. The van der Waals surface area contributed by atoms with Crippen LogP contribution < -0.4 is 10.3 Å². The third-order valence-corrected chi connectivity index (χ3v) is 7.10. The molecule has 6 nitrogen and oxygen atoms in total. The van der Waals surface area contributed by atoms with Gasteiger partial charge >= 0.3 is 6.09 Å². The van der Waals surface area contributed by atoms with Crippen LogP contribution in [-0.4, -0.2) is 34.7 Å². The first kappa shape index (κ1) is 26.5. The molecule has 0 saturated carbocycles. The van der Waals surface area contributed by atoms with Gasteiger partial charge in [0.2, 0.25) is 0 Å². The molecule has 0 aliphatic carbocycles. The number of carbonyl (C=O) groups is 1. The van der Waals surface area contributed by atoms with Gasteiger partial charge in [0.15, 0.2) is 0 Å². The van der Waals surface area contributed by atoms with Crippen molar-refractivity contribution in [2.45, 2.75) is 58.0 Å². The minimum Gasteiger partial charge on any atom is -0.456 e. The lowest BCUT2D eigenvalue weighted by Crippen LogP contribution is -2.38. The summed E-state index contributed by atoms with van der Waals surface area (Å²) in [5, 5.41) is 0.861. The number of rotatable bonds is 4. The minimum absolute atomic E-state index is 0.192. The van der Waals surface area contributed by atoms with Gasteiger partial charge in [-0.25, -0.2) is 4.79 Å². The zero-order valence-corrected chi connectivity index (χ0v) is 22.9. The maximum absolute atomic E-state index is 12.5. The van der Waals surface area contributed by atoms with Gasteiger partial charge in [-0.15, -0.1) is 0 Å². The van der Waals surface area contributed by atoms with Crippen LogP contribution in [0.2, 0.25) is 0 Å². The number of hydrogen-bond acceptors (Lipinski definition) is 4. The predicted molar refractivity (Wildman–Crippen MR) is 156 cm³/mol. The Kier molecular flexibility index (Phi) is 7.73. The van der Waals surface area contributed by atoms with Crippen molar-refractivity contribution in [2.24, 2.45) is 0 Å². The molecular formula is C33H36N2O4. The van der Waals surface area contributed by atoms with Crippen LogP contribution in [0.15, 0.2) is 83.7 Å². The van der Waals surface area contributed by atoms with Crippen molar-refractivity contribution < 1.29 is 14.3 Å². The smallest absolute Gasteiger partial charge is 0.410 e. The predicted octanol–water partition coefficient (Wildman–Crippen LogP) is 7.88. The number of fused-ring (bicyclic) bond motifs is 1. The van der Waals surface area contributed by atoms with Crippen molar-refractivity contribution in [3.05, 3.63) is 94.8 Å². The van der Waals surface area contributed by atoms with Gasteiger partial charge in [0.25, 0.3) is 5.56 Å². The number of H-pyrrole nitrogens is 1. The summed E-state index contributed by atoms with van der Waals surface area (Å²) in [4.78, 5) is 29.3. The van der Waals surface area contributed by atoms with Crippen LogP contribution in [0.5, 0.6) is 11.5 Å². The Morgan fingerprint density at radius 3 is 2.31 bits per heavy atom. The van der Waals surface area contributed by atoms with Crippen molar-refractivity contribution in [2.75, 3.05) is 13.1 Å². The summed E-state index contributed by atoms with van der Waals surface area (Å²) in [6.45, 7) is 7.19. The number of hydrogen-bond donors (Lipinski definition) is 1. The first-order valence-corrected chi connectivity index (χ1v) is 13.7. The Hall–Kier alpha value is -4.06. The van der Waals surface area contributed by atoms with Crippen molar-refractivity contribution in [3.8, 4) is 22.6 Å². The van der Waals surface area contributed by atoms with E-state index in [4.69, 9.17) is 9.47 Å². The number of nitrogens with zero attached hydrogens (tertiary/aromatic N) is 1. The Bertz CT molecular complexity index is 1490.